The second kappa shape index (κ2) is 5.40. The Balaban J connectivity index is 1.98. The highest BCUT2D eigenvalue weighted by molar-refractivity contribution is 5.69. The smallest absolute Gasteiger partial charge is 0.317 e. The van der Waals surface area contributed by atoms with E-state index in [2.05, 4.69) is 36.9 Å². The molecule has 1 N–H and O–H groups in total. The average Bonchev–Trinajstić information content (AvgIpc) is 2.27. The van der Waals surface area contributed by atoms with Gasteiger partial charge in [0, 0.05) is 31.9 Å². The maximum Gasteiger partial charge on any atom is 0.317 e. The van der Waals surface area contributed by atoms with Gasteiger partial charge in [0.25, 0.3) is 0 Å². The zero-order valence-electron chi connectivity index (χ0n) is 11.0. The molecule has 0 saturated carbocycles. The van der Waals surface area contributed by atoms with E-state index in [-0.39, 0.29) is 6.54 Å². The lowest BCUT2D eigenvalue weighted by atomic mass is 10.1. The largest absolute Gasteiger partial charge is 0.480 e. The fourth-order valence-corrected chi connectivity index (χ4v) is 2.49. The summed E-state index contributed by atoms with van der Waals surface area (Å²) in [6.45, 7) is 7.81. The predicted octanol–water partition coefficient (Wildman–Crippen LogP) is 1.51. The molecule has 18 heavy (non-hydrogen) atoms. The third-order valence-corrected chi connectivity index (χ3v) is 3.30. The second-order valence-electron chi connectivity index (χ2n) is 5.00. The van der Waals surface area contributed by atoms with Crippen LogP contribution in [0, 0.1) is 13.8 Å². The molecule has 0 radical (unpaired) electrons. The number of hydrogen-bond acceptors (Lipinski definition) is 3. The number of carboxylic acid groups (broad SMARTS) is 1. The molecule has 4 nitrogen and oxygen atoms in total. The van der Waals surface area contributed by atoms with Crippen LogP contribution in [0.4, 0.5) is 5.69 Å². The highest BCUT2D eigenvalue weighted by Crippen LogP contribution is 2.20. The second-order valence-corrected chi connectivity index (χ2v) is 5.00. The molecule has 1 aliphatic heterocycles. The van der Waals surface area contributed by atoms with Crippen LogP contribution in [0.5, 0.6) is 0 Å². The summed E-state index contributed by atoms with van der Waals surface area (Å²) < 4.78 is 0. The molecule has 0 amide bonds. The standard InChI is InChI=1S/C14H20N2O2/c1-11-7-12(2)9-13(8-11)16-5-3-15(4-6-16)10-14(17)18/h7-9H,3-6,10H2,1-2H3,(H,17,18). The zero-order valence-corrected chi connectivity index (χ0v) is 11.0. The van der Waals surface area contributed by atoms with Crippen molar-refractivity contribution in [3.63, 3.8) is 0 Å². The van der Waals surface area contributed by atoms with E-state index in [9.17, 15) is 4.79 Å². The molecular weight excluding hydrogens is 228 g/mol. The highest BCUT2D eigenvalue weighted by Gasteiger charge is 2.18. The summed E-state index contributed by atoms with van der Waals surface area (Å²) in [5, 5.41) is 8.77. The molecule has 0 atom stereocenters. The van der Waals surface area contributed by atoms with Crippen molar-refractivity contribution < 1.29 is 9.90 Å². The van der Waals surface area contributed by atoms with Gasteiger partial charge < -0.3 is 10.0 Å². The van der Waals surface area contributed by atoms with Crippen molar-refractivity contribution in [3.05, 3.63) is 29.3 Å². The van der Waals surface area contributed by atoms with Crippen LogP contribution in [0.25, 0.3) is 0 Å². The monoisotopic (exact) mass is 248 g/mol. The van der Waals surface area contributed by atoms with E-state index in [1.807, 2.05) is 4.90 Å². The van der Waals surface area contributed by atoms with Crippen molar-refractivity contribution in [2.75, 3.05) is 37.6 Å². The fraction of sp³-hybridized carbons (Fsp3) is 0.500. The molecule has 4 heteroatoms. The fourth-order valence-electron chi connectivity index (χ4n) is 2.49. The number of nitrogens with zero attached hydrogens (tertiary/aromatic N) is 2. The Hall–Kier alpha value is -1.55. The first-order valence-electron chi connectivity index (χ1n) is 6.32. The number of piperazine rings is 1. The number of benzene rings is 1. The van der Waals surface area contributed by atoms with Gasteiger partial charge in [-0.2, -0.15) is 0 Å². The van der Waals surface area contributed by atoms with Crippen LogP contribution in [-0.2, 0) is 4.79 Å². The Morgan fingerprint density at radius 1 is 1.11 bits per heavy atom. The lowest BCUT2D eigenvalue weighted by molar-refractivity contribution is -0.138. The normalized spacial score (nSPS) is 16.9. The predicted molar refractivity (Wildman–Crippen MR) is 72.2 cm³/mol. The van der Waals surface area contributed by atoms with Crippen LogP contribution in [0.2, 0.25) is 0 Å². The molecule has 1 heterocycles. The minimum atomic E-state index is -0.741. The van der Waals surface area contributed by atoms with Crippen molar-refractivity contribution in [2.45, 2.75) is 13.8 Å². The molecule has 1 aliphatic rings. The summed E-state index contributed by atoms with van der Waals surface area (Å²) >= 11 is 0. The molecule has 1 fully saturated rings. The lowest BCUT2D eigenvalue weighted by Crippen LogP contribution is -2.48. The van der Waals surface area contributed by atoms with Gasteiger partial charge in [-0.05, 0) is 37.1 Å². The molecule has 0 aliphatic carbocycles. The number of aryl methyl sites for hydroxylation is 2. The molecule has 2 rings (SSSR count). The van der Waals surface area contributed by atoms with E-state index in [4.69, 9.17) is 5.11 Å². The van der Waals surface area contributed by atoms with Crippen molar-refractivity contribution in [2.24, 2.45) is 0 Å². The summed E-state index contributed by atoms with van der Waals surface area (Å²) in [4.78, 5) is 15.0. The van der Waals surface area contributed by atoms with Crippen LogP contribution in [0.15, 0.2) is 18.2 Å². The minimum Gasteiger partial charge on any atom is -0.480 e. The minimum absolute atomic E-state index is 0.153. The number of carbonyl (C=O) groups is 1. The third-order valence-electron chi connectivity index (χ3n) is 3.30. The van der Waals surface area contributed by atoms with Crippen LogP contribution >= 0.6 is 0 Å². The third kappa shape index (κ3) is 3.23. The summed E-state index contributed by atoms with van der Waals surface area (Å²) in [6, 6.07) is 6.56. The molecule has 0 spiro atoms. The van der Waals surface area contributed by atoms with Crippen LogP contribution < -0.4 is 4.90 Å². The van der Waals surface area contributed by atoms with Gasteiger partial charge in [-0.15, -0.1) is 0 Å². The molecule has 0 aromatic heterocycles. The lowest BCUT2D eigenvalue weighted by Gasteiger charge is -2.35. The van der Waals surface area contributed by atoms with E-state index < -0.39 is 5.97 Å². The van der Waals surface area contributed by atoms with Gasteiger partial charge >= 0.3 is 5.97 Å². The Labute approximate surface area is 108 Å². The van der Waals surface area contributed by atoms with Crippen molar-refractivity contribution >= 4 is 11.7 Å². The maximum absolute atomic E-state index is 10.7. The van der Waals surface area contributed by atoms with Crippen LogP contribution in [0.3, 0.4) is 0 Å². The van der Waals surface area contributed by atoms with E-state index in [0.29, 0.717) is 0 Å². The van der Waals surface area contributed by atoms with Gasteiger partial charge in [0.1, 0.15) is 0 Å². The maximum atomic E-state index is 10.7. The number of aliphatic carboxylic acids is 1. The first-order chi connectivity index (χ1) is 8.54. The quantitative estimate of drug-likeness (QED) is 0.880. The van der Waals surface area contributed by atoms with Gasteiger partial charge in [-0.1, -0.05) is 6.07 Å². The highest BCUT2D eigenvalue weighted by atomic mass is 16.4. The van der Waals surface area contributed by atoms with Gasteiger partial charge in [0.2, 0.25) is 0 Å². The molecule has 0 bridgehead atoms. The van der Waals surface area contributed by atoms with Crippen molar-refractivity contribution in [3.8, 4) is 0 Å². The Morgan fingerprint density at radius 3 is 2.17 bits per heavy atom. The molecule has 98 valence electrons. The zero-order chi connectivity index (χ0) is 13.1. The topological polar surface area (TPSA) is 43.8 Å². The number of anilines is 1. The molecule has 1 aromatic carbocycles. The van der Waals surface area contributed by atoms with E-state index in [0.717, 1.165) is 26.2 Å². The number of rotatable bonds is 3. The SMILES string of the molecule is Cc1cc(C)cc(N2CCN(CC(=O)O)CC2)c1. The van der Waals surface area contributed by atoms with Crippen molar-refractivity contribution in [1.82, 2.24) is 4.90 Å². The van der Waals surface area contributed by atoms with Gasteiger partial charge in [0.05, 0.1) is 6.54 Å². The van der Waals surface area contributed by atoms with E-state index in [1.54, 1.807) is 0 Å². The molecule has 1 saturated heterocycles. The van der Waals surface area contributed by atoms with E-state index in [1.165, 1.54) is 16.8 Å². The summed E-state index contributed by atoms with van der Waals surface area (Å²) in [5.41, 5.74) is 3.80. The number of carboxylic acids is 1. The van der Waals surface area contributed by atoms with Crippen LogP contribution in [-0.4, -0.2) is 48.7 Å². The Bertz CT molecular complexity index is 417. The van der Waals surface area contributed by atoms with Crippen molar-refractivity contribution in [1.29, 1.82) is 0 Å². The Morgan fingerprint density at radius 2 is 1.67 bits per heavy atom. The Kier molecular flexibility index (Phi) is 3.87. The van der Waals surface area contributed by atoms with Gasteiger partial charge in [-0.3, -0.25) is 9.69 Å². The molecule has 0 unspecified atom stereocenters. The first kappa shape index (κ1) is 12.9. The summed E-state index contributed by atoms with van der Waals surface area (Å²) in [5.74, 6) is -0.741. The molecule has 1 aromatic rings. The van der Waals surface area contributed by atoms with Gasteiger partial charge in [-0.25, -0.2) is 0 Å². The van der Waals surface area contributed by atoms with Gasteiger partial charge in [0.15, 0.2) is 0 Å². The summed E-state index contributed by atoms with van der Waals surface area (Å²) in [7, 11) is 0. The first-order valence-corrected chi connectivity index (χ1v) is 6.32. The average molecular weight is 248 g/mol. The van der Waals surface area contributed by atoms with E-state index >= 15 is 0 Å². The molecular formula is C14H20N2O2. The number of hydrogen-bond donors (Lipinski definition) is 1. The summed E-state index contributed by atoms with van der Waals surface area (Å²) in [6.07, 6.45) is 0. The van der Waals surface area contributed by atoms with Crippen LogP contribution in [0.1, 0.15) is 11.1 Å².